The zero-order chi connectivity index (χ0) is 14.9. The molecule has 0 amide bonds. The van der Waals surface area contributed by atoms with Gasteiger partial charge in [0.05, 0.1) is 6.61 Å². The third-order valence-corrected chi connectivity index (χ3v) is 2.69. The number of esters is 1. The minimum atomic E-state index is -3.74. The summed E-state index contributed by atoms with van der Waals surface area (Å²) in [5.74, 6) is -2.72. The van der Waals surface area contributed by atoms with Crippen LogP contribution in [-0.4, -0.2) is 24.7 Å². The van der Waals surface area contributed by atoms with Crippen molar-refractivity contribution >= 4 is 11.8 Å². The number of halogens is 2. The molecule has 0 aliphatic carbocycles. The molecule has 0 radical (unpaired) electrons. The molecule has 0 spiro atoms. The number of ketones is 1. The Labute approximate surface area is 113 Å². The molecule has 0 aromatic heterocycles. The fourth-order valence-electron chi connectivity index (χ4n) is 1.91. The molecular formula is C13H12F2O5. The molecule has 0 fully saturated rings. The smallest absolute Gasteiger partial charge is 0.465 e. The predicted molar refractivity (Wildman–Crippen MR) is 62.7 cm³/mol. The number of benzene rings is 1. The molecule has 0 saturated carbocycles. The standard InChI is InChI=1S/C13H12F2O5/c1-3-18-12(17)11(7(2)16)8-4-5-9-10(6-8)20-13(14,15)19-9/h4-6,11H,3H2,1-2H3. The molecule has 108 valence electrons. The van der Waals surface area contributed by atoms with Gasteiger partial charge in [0.25, 0.3) is 0 Å². The van der Waals surface area contributed by atoms with Crippen LogP contribution in [0.15, 0.2) is 18.2 Å². The first-order valence-electron chi connectivity index (χ1n) is 5.91. The van der Waals surface area contributed by atoms with Gasteiger partial charge in [0.1, 0.15) is 11.7 Å². The lowest BCUT2D eigenvalue weighted by Gasteiger charge is -2.13. The van der Waals surface area contributed by atoms with Crippen LogP contribution in [0, 0.1) is 0 Å². The number of rotatable bonds is 4. The molecule has 1 unspecified atom stereocenters. The van der Waals surface area contributed by atoms with Crippen molar-refractivity contribution in [2.45, 2.75) is 26.1 Å². The second-order valence-electron chi connectivity index (χ2n) is 4.17. The topological polar surface area (TPSA) is 61.8 Å². The lowest BCUT2D eigenvalue weighted by atomic mass is 9.95. The van der Waals surface area contributed by atoms with Crippen LogP contribution in [0.1, 0.15) is 25.3 Å². The maximum atomic E-state index is 12.9. The number of alkyl halides is 2. The monoisotopic (exact) mass is 286 g/mol. The Kier molecular flexibility index (Phi) is 3.61. The van der Waals surface area contributed by atoms with Gasteiger partial charge in [-0.15, -0.1) is 8.78 Å². The molecule has 0 bridgehead atoms. The van der Waals surface area contributed by atoms with E-state index in [2.05, 4.69) is 9.47 Å². The van der Waals surface area contributed by atoms with E-state index in [4.69, 9.17) is 4.74 Å². The number of carbonyl (C=O) groups excluding carboxylic acids is 2. The first-order chi connectivity index (χ1) is 9.34. The average molecular weight is 286 g/mol. The van der Waals surface area contributed by atoms with E-state index < -0.39 is 24.0 Å². The maximum Gasteiger partial charge on any atom is 0.586 e. The summed E-state index contributed by atoms with van der Waals surface area (Å²) in [5, 5.41) is 0. The van der Waals surface area contributed by atoms with E-state index >= 15 is 0 Å². The van der Waals surface area contributed by atoms with Crippen LogP contribution in [0.3, 0.4) is 0 Å². The summed E-state index contributed by atoms with van der Waals surface area (Å²) >= 11 is 0. The summed E-state index contributed by atoms with van der Waals surface area (Å²) in [7, 11) is 0. The number of Topliss-reactive ketones (excluding diaryl/α,β-unsaturated/α-hetero) is 1. The highest BCUT2D eigenvalue weighted by Gasteiger charge is 2.44. The molecule has 7 heteroatoms. The van der Waals surface area contributed by atoms with Gasteiger partial charge in [-0.05, 0) is 31.5 Å². The van der Waals surface area contributed by atoms with E-state index in [1.807, 2.05) is 0 Å². The summed E-state index contributed by atoms with van der Waals surface area (Å²) in [6.45, 7) is 2.95. The van der Waals surface area contributed by atoms with Crippen LogP contribution in [0.2, 0.25) is 0 Å². The van der Waals surface area contributed by atoms with E-state index in [9.17, 15) is 18.4 Å². The zero-order valence-electron chi connectivity index (χ0n) is 10.8. The van der Waals surface area contributed by atoms with Gasteiger partial charge in [-0.25, -0.2) is 0 Å². The number of ether oxygens (including phenoxy) is 3. The SMILES string of the molecule is CCOC(=O)C(C(C)=O)c1ccc2c(c1)OC(F)(F)O2. The second kappa shape index (κ2) is 5.07. The largest absolute Gasteiger partial charge is 0.586 e. The van der Waals surface area contributed by atoms with Crippen molar-refractivity contribution in [1.29, 1.82) is 0 Å². The second-order valence-corrected chi connectivity index (χ2v) is 4.17. The molecule has 1 aromatic carbocycles. The van der Waals surface area contributed by atoms with Crippen LogP contribution in [0.5, 0.6) is 11.5 Å². The molecule has 0 N–H and O–H groups in total. The summed E-state index contributed by atoms with van der Waals surface area (Å²) < 4.78 is 39.1. The van der Waals surface area contributed by atoms with Gasteiger partial charge in [0, 0.05) is 0 Å². The summed E-state index contributed by atoms with van der Waals surface area (Å²) in [4.78, 5) is 23.3. The Balaban J connectivity index is 2.33. The van der Waals surface area contributed by atoms with Crippen LogP contribution in [0.25, 0.3) is 0 Å². The number of fused-ring (bicyclic) bond motifs is 1. The molecule has 1 atom stereocenters. The first-order valence-corrected chi connectivity index (χ1v) is 5.91. The van der Waals surface area contributed by atoms with Crippen molar-refractivity contribution in [3.8, 4) is 11.5 Å². The Morgan fingerprint density at radius 3 is 2.55 bits per heavy atom. The van der Waals surface area contributed by atoms with Gasteiger partial charge in [-0.1, -0.05) is 6.07 Å². The van der Waals surface area contributed by atoms with Crippen LogP contribution in [-0.2, 0) is 14.3 Å². The third kappa shape index (κ3) is 2.71. The highest BCUT2D eigenvalue weighted by Crippen LogP contribution is 2.42. The first kappa shape index (κ1) is 14.2. The highest BCUT2D eigenvalue weighted by atomic mass is 19.3. The van der Waals surface area contributed by atoms with E-state index in [1.165, 1.54) is 25.1 Å². The molecule has 5 nitrogen and oxygen atoms in total. The van der Waals surface area contributed by atoms with Gasteiger partial charge in [0.2, 0.25) is 0 Å². The Morgan fingerprint density at radius 2 is 1.95 bits per heavy atom. The van der Waals surface area contributed by atoms with Gasteiger partial charge in [-0.2, -0.15) is 0 Å². The van der Waals surface area contributed by atoms with Gasteiger partial charge >= 0.3 is 12.3 Å². The summed E-state index contributed by atoms with van der Waals surface area (Å²) in [5.41, 5.74) is 0.219. The zero-order valence-corrected chi connectivity index (χ0v) is 10.8. The van der Waals surface area contributed by atoms with Gasteiger partial charge in [0.15, 0.2) is 11.5 Å². The maximum absolute atomic E-state index is 12.9. The quantitative estimate of drug-likeness (QED) is 0.627. The molecule has 0 saturated heterocycles. The summed E-state index contributed by atoms with van der Waals surface area (Å²) in [6, 6.07) is 3.76. The molecule has 20 heavy (non-hydrogen) atoms. The highest BCUT2D eigenvalue weighted by molar-refractivity contribution is 6.03. The molecule has 1 heterocycles. The molecule has 1 aliphatic heterocycles. The van der Waals surface area contributed by atoms with Crippen LogP contribution >= 0.6 is 0 Å². The van der Waals surface area contributed by atoms with E-state index in [0.717, 1.165) is 0 Å². The number of carbonyl (C=O) groups is 2. The average Bonchev–Trinajstić information content (AvgIpc) is 2.62. The fourth-order valence-corrected chi connectivity index (χ4v) is 1.91. The Hall–Kier alpha value is -2.18. The van der Waals surface area contributed by atoms with Gasteiger partial charge < -0.3 is 14.2 Å². The molecule has 1 aliphatic rings. The lowest BCUT2D eigenvalue weighted by molar-refractivity contribution is -0.286. The van der Waals surface area contributed by atoms with Crippen molar-refractivity contribution in [2.24, 2.45) is 0 Å². The van der Waals surface area contributed by atoms with Crippen molar-refractivity contribution in [2.75, 3.05) is 6.61 Å². The summed E-state index contributed by atoms with van der Waals surface area (Å²) in [6.07, 6.45) is -3.74. The van der Waals surface area contributed by atoms with E-state index in [-0.39, 0.29) is 23.7 Å². The van der Waals surface area contributed by atoms with Crippen molar-refractivity contribution in [3.05, 3.63) is 23.8 Å². The van der Waals surface area contributed by atoms with Crippen molar-refractivity contribution < 1.29 is 32.6 Å². The van der Waals surface area contributed by atoms with Crippen LogP contribution in [0.4, 0.5) is 8.78 Å². The minimum absolute atomic E-state index is 0.116. The van der Waals surface area contributed by atoms with Crippen molar-refractivity contribution in [1.82, 2.24) is 0 Å². The van der Waals surface area contributed by atoms with Crippen molar-refractivity contribution in [3.63, 3.8) is 0 Å². The molecule has 2 rings (SSSR count). The normalized spacial score (nSPS) is 16.6. The third-order valence-electron chi connectivity index (χ3n) is 2.69. The Bertz CT molecular complexity index is 556. The number of hydrogen-bond acceptors (Lipinski definition) is 5. The van der Waals surface area contributed by atoms with Gasteiger partial charge in [-0.3, -0.25) is 9.59 Å². The van der Waals surface area contributed by atoms with Crippen LogP contribution < -0.4 is 9.47 Å². The predicted octanol–water partition coefficient (Wildman–Crippen LogP) is 2.24. The fraction of sp³-hybridized carbons (Fsp3) is 0.385. The number of hydrogen-bond donors (Lipinski definition) is 0. The lowest BCUT2D eigenvalue weighted by Crippen LogP contribution is -2.26. The minimum Gasteiger partial charge on any atom is -0.465 e. The van der Waals surface area contributed by atoms with E-state index in [1.54, 1.807) is 6.92 Å². The molecular weight excluding hydrogens is 274 g/mol. The van der Waals surface area contributed by atoms with E-state index in [0.29, 0.717) is 0 Å². The Morgan fingerprint density at radius 1 is 1.30 bits per heavy atom. The molecule has 1 aromatic rings.